The van der Waals surface area contributed by atoms with Gasteiger partial charge in [0.2, 0.25) is 0 Å². The van der Waals surface area contributed by atoms with Crippen molar-refractivity contribution in [3.63, 3.8) is 0 Å². The van der Waals surface area contributed by atoms with Crippen molar-refractivity contribution in [2.24, 2.45) is 0 Å². The molecule has 0 fully saturated rings. The van der Waals surface area contributed by atoms with Crippen LogP contribution in [0.25, 0.3) is 10.4 Å². The lowest BCUT2D eigenvalue weighted by Gasteiger charge is -2.42. The molecule has 1 aliphatic rings. The van der Waals surface area contributed by atoms with Crippen LogP contribution in [-0.4, -0.2) is 26.7 Å². The molecule has 180 valence electrons. The molecule has 0 unspecified atom stereocenters. The average molecular weight is 478 g/mol. The smallest absolute Gasteiger partial charge is 0.261 e. The fourth-order valence-electron chi connectivity index (χ4n) is 4.80. The van der Waals surface area contributed by atoms with E-state index in [9.17, 15) is 4.79 Å². The number of hydrogen-bond acceptors (Lipinski definition) is 4. The summed E-state index contributed by atoms with van der Waals surface area (Å²) in [6.07, 6.45) is 3.07. The Bertz CT molecular complexity index is 1190. The molecule has 2 aromatic carbocycles. The van der Waals surface area contributed by atoms with Crippen molar-refractivity contribution in [3.8, 4) is 21.9 Å². The van der Waals surface area contributed by atoms with Gasteiger partial charge in [0.25, 0.3) is 5.91 Å². The number of amides is 1. The minimum Gasteiger partial charge on any atom is -0.497 e. The summed E-state index contributed by atoms with van der Waals surface area (Å²) < 4.78 is 11.1. The molecule has 0 spiro atoms. The average Bonchev–Trinajstić information content (AvgIpc) is 3.32. The quantitative estimate of drug-likeness (QED) is 0.409. The topological polar surface area (TPSA) is 47.6 Å². The predicted molar refractivity (Wildman–Crippen MR) is 141 cm³/mol. The van der Waals surface area contributed by atoms with Gasteiger partial charge in [-0.15, -0.1) is 11.3 Å². The molecule has 1 aromatic heterocycles. The van der Waals surface area contributed by atoms with Crippen molar-refractivity contribution < 1.29 is 14.3 Å². The Morgan fingerprint density at radius 2 is 1.65 bits per heavy atom. The van der Waals surface area contributed by atoms with Gasteiger partial charge in [0, 0.05) is 17.0 Å². The second-order valence-corrected chi connectivity index (χ2v) is 11.5. The summed E-state index contributed by atoms with van der Waals surface area (Å²) in [5, 5.41) is 3.05. The molecule has 0 bridgehead atoms. The van der Waals surface area contributed by atoms with Crippen LogP contribution in [0.4, 0.5) is 0 Å². The fraction of sp³-hybridized carbons (Fsp3) is 0.414. The normalized spacial score (nSPS) is 15.9. The predicted octanol–water partition coefficient (Wildman–Crippen LogP) is 6.75. The summed E-state index contributed by atoms with van der Waals surface area (Å²) in [7, 11) is 3.39. The Morgan fingerprint density at radius 1 is 0.941 bits per heavy atom. The maximum Gasteiger partial charge on any atom is 0.261 e. The van der Waals surface area contributed by atoms with Gasteiger partial charge in [-0.1, -0.05) is 39.8 Å². The van der Waals surface area contributed by atoms with Crippen molar-refractivity contribution in [2.75, 3.05) is 20.8 Å². The number of carbonyl (C=O) groups is 1. The molecule has 0 radical (unpaired) electrons. The van der Waals surface area contributed by atoms with E-state index >= 15 is 0 Å². The van der Waals surface area contributed by atoms with Crippen molar-refractivity contribution in [1.82, 2.24) is 5.32 Å². The number of benzene rings is 2. The number of fused-ring (bicyclic) bond motifs is 1. The number of methoxy groups -OCH3 is 2. The van der Waals surface area contributed by atoms with Gasteiger partial charge in [-0.3, -0.25) is 4.79 Å². The first-order chi connectivity index (χ1) is 16.1. The van der Waals surface area contributed by atoms with Crippen molar-refractivity contribution in [1.29, 1.82) is 0 Å². The third-order valence-electron chi connectivity index (χ3n) is 7.10. The lowest BCUT2D eigenvalue weighted by molar-refractivity contribution is 0.0958. The Morgan fingerprint density at radius 3 is 2.32 bits per heavy atom. The van der Waals surface area contributed by atoms with E-state index in [2.05, 4.69) is 45.1 Å². The SMILES string of the molecule is COc1cccc(CCNC(=O)c2ccc(-c3cc4c(cc3OC)C(C)(C)CCC4(C)C)s2)c1. The largest absolute Gasteiger partial charge is 0.497 e. The molecule has 1 amide bonds. The third kappa shape index (κ3) is 4.85. The molecule has 0 atom stereocenters. The standard InChI is InChI=1S/C29H35NO3S/c1-28(2)13-14-29(3,4)23-18-24(33-6)21(17-22(23)28)25-10-11-26(34-25)27(31)30-15-12-19-8-7-9-20(16-19)32-5/h7-11,16-18H,12-15H2,1-6H3,(H,30,31). The first-order valence-corrected chi connectivity index (χ1v) is 12.7. The van der Waals surface area contributed by atoms with Gasteiger partial charge >= 0.3 is 0 Å². The lowest BCUT2D eigenvalue weighted by atomic mass is 9.63. The summed E-state index contributed by atoms with van der Waals surface area (Å²) in [6.45, 7) is 9.86. The number of hydrogen-bond donors (Lipinski definition) is 1. The lowest BCUT2D eigenvalue weighted by Crippen LogP contribution is -2.33. The van der Waals surface area contributed by atoms with Gasteiger partial charge in [0.15, 0.2) is 0 Å². The maximum atomic E-state index is 12.8. The minimum atomic E-state index is -0.0439. The molecular formula is C29H35NO3S. The van der Waals surface area contributed by atoms with E-state index in [1.54, 1.807) is 14.2 Å². The summed E-state index contributed by atoms with van der Waals surface area (Å²) >= 11 is 1.51. The summed E-state index contributed by atoms with van der Waals surface area (Å²) in [4.78, 5) is 14.6. The van der Waals surface area contributed by atoms with Gasteiger partial charge in [0.05, 0.1) is 19.1 Å². The van der Waals surface area contributed by atoms with Gasteiger partial charge in [-0.25, -0.2) is 0 Å². The van der Waals surface area contributed by atoms with Crippen LogP contribution in [0, 0.1) is 0 Å². The van der Waals surface area contributed by atoms with Crippen LogP contribution in [0.5, 0.6) is 11.5 Å². The van der Waals surface area contributed by atoms with Crippen molar-refractivity contribution in [3.05, 3.63) is 70.1 Å². The Kier molecular flexibility index (Phi) is 6.77. The molecule has 0 saturated heterocycles. The second kappa shape index (κ2) is 9.46. The van der Waals surface area contributed by atoms with E-state index in [1.807, 2.05) is 36.4 Å². The number of carbonyl (C=O) groups excluding carboxylic acids is 1. The van der Waals surface area contributed by atoms with Crippen LogP contribution in [0.15, 0.2) is 48.5 Å². The molecule has 0 aliphatic heterocycles. The van der Waals surface area contributed by atoms with Crippen LogP contribution in [0.1, 0.15) is 66.9 Å². The van der Waals surface area contributed by atoms with Gasteiger partial charge < -0.3 is 14.8 Å². The number of ether oxygens (including phenoxy) is 2. The fourth-order valence-corrected chi connectivity index (χ4v) is 5.74. The van der Waals surface area contributed by atoms with E-state index in [-0.39, 0.29) is 16.7 Å². The van der Waals surface area contributed by atoms with E-state index in [0.717, 1.165) is 46.8 Å². The summed E-state index contributed by atoms with van der Waals surface area (Å²) in [5.74, 6) is 1.66. The number of nitrogens with one attached hydrogen (secondary N) is 1. The van der Waals surface area contributed by atoms with Crippen LogP contribution in [-0.2, 0) is 17.3 Å². The monoisotopic (exact) mass is 477 g/mol. The zero-order chi connectivity index (χ0) is 24.5. The van der Waals surface area contributed by atoms with E-state index in [4.69, 9.17) is 9.47 Å². The van der Waals surface area contributed by atoms with E-state index in [1.165, 1.54) is 22.5 Å². The van der Waals surface area contributed by atoms with E-state index < -0.39 is 0 Å². The highest BCUT2D eigenvalue weighted by Gasteiger charge is 2.38. The third-order valence-corrected chi connectivity index (χ3v) is 8.22. The summed E-state index contributed by atoms with van der Waals surface area (Å²) in [5.41, 5.74) is 5.19. The van der Waals surface area contributed by atoms with Gasteiger partial charge in [0.1, 0.15) is 11.5 Å². The molecule has 1 aliphatic carbocycles. The van der Waals surface area contributed by atoms with Gasteiger partial charge in [-0.05, 0) is 83.2 Å². The summed E-state index contributed by atoms with van der Waals surface area (Å²) in [6, 6.07) is 16.4. The number of rotatable bonds is 7. The first kappa shape index (κ1) is 24.3. The highest BCUT2D eigenvalue weighted by atomic mass is 32.1. The zero-order valence-electron chi connectivity index (χ0n) is 21.1. The molecule has 4 rings (SSSR count). The highest BCUT2D eigenvalue weighted by Crippen LogP contribution is 2.49. The Labute approximate surface area is 207 Å². The molecule has 0 saturated carbocycles. The van der Waals surface area contributed by atoms with Crippen molar-refractivity contribution in [2.45, 2.75) is 57.8 Å². The molecule has 5 heteroatoms. The first-order valence-electron chi connectivity index (χ1n) is 11.9. The second-order valence-electron chi connectivity index (χ2n) is 10.4. The van der Waals surface area contributed by atoms with Crippen LogP contribution in [0.3, 0.4) is 0 Å². The molecule has 4 nitrogen and oxygen atoms in total. The molecule has 1 N–H and O–H groups in total. The van der Waals surface area contributed by atoms with Crippen LogP contribution in [0.2, 0.25) is 0 Å². The van der Waals surface area contributed by atoms with Gasteiger partial charge in [-0.2, -0.15) is 0 Å². The highest BCUT2D eigenvalue weighted by molar-refractivity contribution is 7.17. The van der Waals surface area contributed by atoms with Crippen LogP contribution < -0.4 is 14.8 Å². The molecular weight excluding hydrogens is 442 g/mol. The number of thiophene rings is 1. The Hall–Kier alpha value is -2.79. The Balaban J connectivity index is 1.54. The molecule has 3 aromatic rings. The van der Waals surface area contributed by atoms with Crippen LogP contribution >= 0.6 is 11.3 Å². The molecule has 1 heterocycles. The minimum absolute atomic E-state index is 0.0439. The zero-order valence-corrected chi connectivity index (χ0v) is 21.9. The maximum absolute atomic E-state index is 12.8. The van der Waals surface area contributed by atoms with E-state index in [0.29, 0.717) is 11.4 Å². The molecule has 34 heavy (non-hydrogen) atoms. The van der Waals surface area contributed by atoms with Crippen molar-refractivity contribution >= 4 is 17.2 Å².